The van der Waals surface area contributed by atoms with Crippen molar-refractivity contribution in [1.29, 1.82) is 0 Å². The number of aryl methyl sites for hydroxylation is 1. The Balaban J connectivity index is 2.35. The summed E-state index contributed by atoms with van der Waals surface area (Å²) < 4.78 is 13.7. The fourth-order valence-corrected chi connectivity index (χ4v) is 2.85. The monoisotopic (exact) mass is 265 g/mol. The first kappa shape index (κ1) is 13.1. The van der Waals surface area contributed by atoms with Crippen LogP contribution in [0.5, 0.6) is 0 Å². The van der Waals surface area contributed by atoms with E-state index in [4.69, 9.17) is 0 Å². The molecule has 0 spiro atoms. The highest BCUT2D eigenvalue weighted by Crippen LogP contribution is 2.29. The van der Waals surface area contributed by atoms with Crippen LogP contribution in [0.2, 0.25) is 0 Å². The van der Waals surface area contributed by atoms with Gasteiger partial charge in [-0.05, 0) is 19.0 Å². The molecule has 5 heteroatoms. The van der Waals surface area contributed by atoms with E-state index in [2.05, 4.69) is 29.1 Å². The van der Waals surface area contributed by atoms with E-state index < -0.39 is 0 Å². The maximum absolute atomic E-state index is 13.7. The highest BCUT2D eigenvalue weighted by Gasteiger charge is 2.13. The molecule has 0 aliphatic heterocycles. The van der Waals surface area contributed by atoms with Gasteiger partial charge in [0.05, 0.1) is 11.9 Å². The lowest BCUT2D eigenvalue weighted by molar-refractivity contribution is 0.625. The summed E-state index contributed by atoms with van der Waals surface area (Å²) in [5.41, 5.74) is 1.58. The average molecular weight is 265 g/mol. The summed E-state index contributed by atoms with van der Waals surface area (Å²) in [5, 5.41) is 4.02. The summed E-state index contributed by atoms with van der Waals surface area (Å²) in [4.78, 5) is 9.47. The Bertz CT molecular complexity index is 525. The standard InChI is InChI=1S/C13H16FN3S/c1-3-11-12(8-15-4-2)18-13(17-11)9-5-6-16-7-10(9)14/h5-7,15H,3-4,8H2,1-2H3. The molecule has 0 atom stereocenters. The summed E-state index contributed by atoms with van der Waals surface area (Å²) in [7, 11) is 0. The van der Waals surface area contributed by atoms with E-state index in [-0.39, 0.29) is 5.82 Å². The average Bonchev–Trinajstić information content (AvgIpc) is 2.80. The minimum absolute atomic E-state index is 0.316. The first-order valence-electron chi connectivity index (χ1n) is 6.05. The first-order valence-corrected chi connectivity index (χ1v) is 6.87. The number of nitrogens with zero attached hydrogens (tertiary/aromatic N) is 2. The van der Waals surface area contributed by atoms with Crippen LogP contribution in [0.3, 0.4) is 0 Å². The molecule has 18 heavy (non-hydrogen) atoms. The van der Waals surface area contributed by atoms with E-state index in [9.17, 15) is 4.39 Å². The van der Waals surface area contributed by atoms with Crippen LogP contribution in [0.4, 0.5) is 4.39 Å². The molecule has 2 aromatic heterocycles. The van der Waals surface area contributed by atoms with Crippen LogP contribution < -0.4 is 5.32 Å². The van der Waals surface area contributed by atoms with Crippen molar-refractivity contribution < 1.29 is 4.39 Å². The van der Waals surface area contributed by atoms with Gasteiger partial charge in [-0.2, -0.15) is 0 Å². The number of halogens is 1. The van der Waals surface area contributed by atoms with E-state index in [1.54, 1.807) is 23.6 Å². The summed E-state index contributed by atoms with van der Waals surface area (Å²) in [5.74, 6) is -0.316. The minimum atomic E-state index is -0.316. The summed E-state index contributed by atoms with van der Waals surface area (Å²) >= 11 is 1.55. The van der Waals surface area contributed by atoms with Crippen LogP contribution in [0.15, 0.2) is 18.5 Å². The van der Waals surface area contributed by atoms with Crippen molar-refractivity contribution in [3.63, 3.8) is 0 Å². The Labute approximate surface area is 110 Å². The highest BCUT2D eigenvalue weighted by molar-refractivity contribution is 7.15. The molecule has 0 fully saturated rings. The molecular formula is C13H16FN3S. The molecule has 0 aliphatic rings. The van der Waals surface area contributed by atoms with E-state index in [0.29, 0.717) is 5.56 Å². The second kappa shape index (κ2) is 6.02. The Morgan fingerprint density at radius 2 is 2.22 bits per heavy atom. The van der Waals surface area contributed by atoms with Crippen molar-refractivity contribution in [2.45, 2.75) is 26.8 Å². The second-order valence-electron chi connectivity index (χ2n) is 3.88. The molecular weight excluding hydrogens is 249 g/mol. The predicted molar refractivity (Wildman–Crippen MR) is 72.1 cm³/mol. The fraction of sp³-hybridized carbons (Fsp3) is 0.385. The van der Waals surface area contributed by atoms with Gasteiger partial charge in [-0.1, -0.05) is 13.8 Å². The molecule has 2 aromatic rings. The van der Waals surface area contributed by atoms with E-state index >= 15 is 0 Å². The lowest BCUT2D eigenvalue weighted by Crippen LogP contribution is -2.11. The van der Waals surface area contributed by atoms with Gasteiger partial charge in [0, 0.05) is 23.2 Å². The van der Waals surface area contributed by atoms with Crippen LogP contribution in [0.1, 0.15) is 24.4 Å². The third-order valence-electron chi connectivity index (χ3n) is 2.65. The van der Waals surface area contributed by atoms with Gasteiger partial charge in [-0.3, -0.25) is 4.98 Å². The topological polar surface area (TPSA) is 37.8 Å². The highest BCUT2D eigenvalue weighted by atomic mass is 32.1. The van der Waals surface area contributed by atoms with Crippen molar-refractivity contribution >= 4 is 11.3 Å². The number of pyridine rings is 1. The van der Waals surface area contributed by atoms with Crippen molar-refractivity contribution in [2.24, 2.45) is 0 Å². The predicted octanol–water partition coefficient (Wildman–Crippen LogP) is 3.02. The Kier molecular flexibility index (Phi) is 4.38. The SMILES string of the molecule is CCNCc1sc(-c2ccncc2F)nc1CC. The quantitative estimate of drug-likeness (QED) is 0.903. The normalized spacial score (nSPS) is 10.8. The van der Waals surface area contributed by atoms with Crippen molar-refractivity contribution in [3.8, 4) is 10.6 Å². The molecule has 2 rings (SSSR count). The Morgan fingerprint density at radius 3 is 2.89 bits per heavy atom. The zero-order valence-corrected chi connectivity index (χ0v) is 11.4. The van der Waals surface area contributed by atoms with Crippen molar-refractivity contribution in [1.82, 2.24) is 15.3 Å². The van der Waals surface area contributed by atoms with E-state index in [1.807, 2.05) is 0 Å². The summed E-state index contributed by atoms with van der Waals surface area (Å²) in [6, 6.07) is 1.67. The zero-order valence-electron chi connectivity index (χ0n) is 10.5. The van der Waals surface area contributed by atoms with Crippen LogP contribution in [0.25, 0.3) is 10.6 Å². The molecule has 0 aromatic carbocycles. The minimum Gasteiger partial charge on any atom is -0.312 e. The smallest absolute Gasteiger partial charge is 0.151 e. The molecule has 0 radical (unpaired) electrons. The molecule has 3 nitrogen and oxygen atoms in total. The van der Waals surface area contributed by atoms with Crippen LogP contribution in [0, 0.1) is 5.82 Å². The zero-order chi connectivity index (χ0) is 13.0. The Morgan fingerprint density at radius 1 is 1.39 bits per heavy atom. The number of hydrogen-bond donors (Lipinski definition) is 1. The van der Waals surface area contributed by atoms with Gasteiger partial charge in [0.2, 0.25) is 0 Å². The molecule has 0 aliphatic carbocycles. The Hall–Kier alpha value is -1.33. The van der Waals surface area contributed by atoms with E-state index in [1.165, 1.54) is 11.1 Å². The third-order valence-corrected chi connectivity index (χ3v) is 3.78. The lowest BCUT2D eigenvalue weighted by atomic mass is 10.2. The van der Waals surface area contributed by atoms with Crippen molar-refractivity contribution in [3.05, 3.63) is 34.8 Å². The van der Waals surface area contributed by atoms with Crippen molar-refractivity contribution in [2.75, 3.05) is 6.54 Å². The number of thiazole rings is 1. The largest absolute Gasteiger partial charge is 0.312 e. The molecule has 0 bridgehead atoms. The fourth-order valence-electron chi connectivity index (χ4n) is 1.70. The number of aromatic nitrogens is 2. The number of rotatable bonds is 5. The van der Waals surface area contributed by atoms with Crippen LogP contribution >= 0.6 is 11.3 Å². The molecule has 2 heterocycles. The van der Waals surface area contributed by atoms with Crippen LogP contribution in [-0.4, -0.2) is 16.5 Å². The second-order valence-corrected chi connectivity index (χ2v) is 4.96. The molecule has 0 amide bonds. The van der Waals surface area contributed by atoms with E-state index in [0.717, 1.165) is 30.2 Å². The van der Waals surface area contributed by atoms with Gasteiger partial charge in [-0.15, -0.1) is 11.3 Å². The number of nitrogens with one attached hydrogen (secondary N) is 1. The van der Waals surface area contributed by atoms with Crippen LogP contribution in [-0.2, 0) is 13.0 Å². The molecule has 0 unspecified atom stereocenters. The van der Waals surface area contributed by atoms with Gasteiger partial charge in [0.15, 0.2) is 5.82 Å². The molecule has 1 N–H and O–H groups in total. The molecule has 96 valence electrons. The van der Waals surface area contributed by atoms with Gasteiger partial charge in [-0.25, -0.2) is 9.37 Å². The molecule has 0 saturated heterocycles. The summed E-state index contributed by atoms with van der Waals surface area (Å²) in [6.45, 7) is 5.84. The summed E-state index contributed by atoms with van der Waals surface area (Å²) in [6.07, 6.45) is 3.69. The number of hydrogen-bond acceptors (Lipinski definition) is 4. The lowest BCUT2D eigenvalue weighted by Gasteiger charge is -1.99. The first-order chi connectivity index (χ1) is 8.76. The van der Waals surface area contributed by atoms with Gasteiger partial charge in [0.1, 0.15) is 5.01 Å². The maximum Gasteiger partial charge on any atom is 0.151 e. The third kappa shape index (κ3) is 2.73. The maximum atomic E-state index is 13.7. The van der Waals surface area contributed by atoms with Gasteiger partial charge < -0.3 is 5.32 Å². The van der Waals surface area contributed by atoms with Gasteiger partial charge >= 0.3 is 0 Å². The van der Waals surface area contributed by atoms with Gasteiger partial charge in [0.25, 0.3) is 0 Å². The molecule has 0 saturated carbocycles.